The van der Waals surface area contributed by atoms with E-state index < -0.39 is 17.7 Å². The van der Waals surface area contributed by atoms with Crippen molar-refractivity contribution in [2.75, 3.05) is 20.6 Å². The predicted octanol–water partition coefficient (Wildman–Crippen LogP) is 2.45. The molecular weight excluding hydrogens is 306 g/mol. The van der Waals surface area contributed by atoms with Crippen LogP contribution in [-0.2, 0) is 16.0 Å². The second-order valence-electron chi connectivity index (χ2n) is 6.79. The van der Waals surface area contributed by atoms with Gasteiger partial charge >= 0.3 is 6.09 Å². The molecule has 0 fully saturated rings. The molecule has 6 heteroatoms. The van der Waals surface area contributed by atoms with Crippen molar-refractivity contribution in [3.05, 3.63) is 35.9 Å². The first-order chi connectivity index (χ1) is 11.1. The van der Waals surface area contributed by atoms with E-state index in [-0.39, 0.29) is 5.91 Å². The van der Waals surface area contributed by atoms with E-state index in [0.29, 0.717) is 13.0 Å². The number of carbonyl (C=O) groups is 2. The lowest BCUT2D eigenvalue weighted by Gasteiger charge is -2.32. The van der Waals surface area contributed by atoms with Gasteiger partial charge in [-0.1, -0.05) is 30.3 Å². The van der Waals surface area contributed by atoms with Crippen LogP contribution in [0.5, 0.6) is 0 Å². The summed E-state index contributed by atoms with van der Waals surface area (Å²) in [5.41, 5.74) is 0.359. The molecule has 6 nitrogen and oxygen atoms in total. The molecule has 0 aliphatic rings. The Morgan fingerprint density at radius 3 is 2.21 bits per heavy atom. The van der Waals surface area contributed by atoms with Gasteiger partial charge in [-0.2, -0.15) is 0 Å². The molecule has 0 bridgehead atoms. The molecule has 0 saturated heterocycles. The number of hydrogen-bond acceptors (Lipinski definition) is 4. The Hall–Kier alpha value is -2.08. The summed E-state index contributed by atoms with van der Waals surface area (Å²) in [6.45, 7) is 7.79. The number of nitrogens with zero attached hydrogens (tertiary/aromatic N) is 2. The van der Waals surface area contributed by atoms with Crippen LogP contribution < -0.4 is 5.32 Å². The minimum atomic E-state index is -0.690. The van der Waals surface area contributed by atoms with Gasteiger partial charge in [0.1, 0.15) is 11.6 Å². The van der Waals surface area contributed by atoms with Gasteiger partial charge in [0.25, 0.3) is 5.91 Å². The van der Waals surface area contributed by atoms with Gasteiger partial charge in [0, 0.05) is 27.1 Å². The summed E-state index contributed by atoms with van der Waals surface area (Å²) in [5, 5.41) is 6.02. The van der Waals surface area contributed by atoms with Crippen LogP contribution in [0.3, 0.4) is 0 Å². The number of hydrogen-bond donors (Lipinski definition) is 1. The Kier molecular flexibility index (Phi) is 7.22. The van der Waals surface area contributed by atoms with Crippen LogP contribution in [0.25, 0.3) is 0 Å². The summed E-state index contributed by atoms with van der Waals surface area (Å²) in [5.74, 6) is -0.169. The first-order valence-electron chi connectivity index (χ1n) is 8.16. The lowest BCUT2D eigenvalue weighted by atomic mass is 10.1. The molecule has 0 unspecified atom stereocenters. The third-order valence-corrected chi connectivity index (χ3v) is 3.31. The quantitative estimate of drug-likeness (QED) is 0.811. The number of alkyl carbamates (subject to hydrolysis) is 1. The maximum Gasteiger partial charge on any atom is 0.408 e. The van der Waals surface area contributed by atoms with Crippen LogP contribution >= 0.6 is 0 Å². The van der Waals surface area contributed by atoms with E-state index in [0.717, 1.165) is 5.56 Å². The molecule has 0 saturated carbocycles. The van der Waals surface area contributed by atoms with Gasteiger partial charge in [-0.05, 0) is 33.3 Å². The molecule has 0 heterocycles. The number of likely N-dealkylation sites (N-methyl/N-ethyl adjacent to an activating group) is 1. The van der Waals surface area contributed by atoms with Crippen molar-refractivity contribution in [2.45, 2.75) is 45.8 Å². The van der Waals surface area contributed by atoms with Gasteiger partial charge in [-0.25, -0.2) is 9.80 Å². The molecule has 0 aliphatic heterocycles. The smallest absolute Gasteiger partial charge is 0.408 e. The number of amides is 2. The van der Waals surface area contributed by atoms with Crippen molar-refractivity contribution in [1.82, 2.24) is 15.3 Å². The highest BCUT2D eigenvalue weighted by molar-refractivity contribution is 5.85. The zero-order valence-electron chi connectivity index (χ0n) is 15.5. The van der Waals surface area contributed by atoms with E-state index in [1.165, 1.54) is 0 Å². The normalized spacial score (nSPS) is 12.6. The van der Waals surface area contributed by atoms with Gasteiger partial charge in [-0.15, -0.1) is 0 Å². The standard InChI is InChI=1S/C18H29N3O3/c1-7-21(20(5)6)16(22)15(13-14-11-9-8-10-12-14)19-17(23)24-18(2,3)4/h8-12,15H,7,13H2,1-6H3,(H,19,23)/t15-/m0/s1. The SMILES string of the molecule is CCN(C(=O)[C@H](Cc1ccccc1)NC(=O)OC(C)(C)C)N(C)C. The Morgan fingerprint density at radius 1 is 1.17 bits per heavy atom. The molecule has 1 rings (SSSR count). The fourth-order valence-electron chi connectivity index (χ4n) is 2.32. The van der Waals surface area contributed by atoms with Gasteiger partial charge < -0.3 is 10.1 Å². The topological polar surface area (TPSA) is 61.9 Å². The second kappa shape index (κ2) is 8.68. The molecule has 1 atom stereocenters. The molecule has 2 amide bonds. The molecule has 24 heavy (non-hydrogen) atoms. The average Bonchev–Trinajstić information content (AvgIpc) is 2.45. The summed E-state index contributed by atoms with van der Waals surface area (Å²) in [6, 6.07) is 8.91. The highest BCUT2D eigenvalue weighted by Crippen LogP contribution is 2.10. The van der Waals surface area contributed by atoms with Crippen molar-refractivity contribution >= 4 is 12.0 Å². The number of ether oxygens (including phenoxy) is 1. The van der Waals surface area contributed by atoms with Crippen LogP contribution in [0.1, 0.15) is 33.3 Å². The second-order valence-corrected chi connectivity index (χ2v) is 6.79. The van der Waals surface area contributed by atoms with Crippen LogP contribution in [0, 0.1) is 0 Å². The molecule has 0 radical (unpaired) electrons. The Balaban J connectivity index is 2.94. The maximum atomic E-state index is 12.8. The van der Waals surface area contributed by atoms with Crippen molar-refractivity contribution in [1.29, 1.82) is 0 Å². The fourth-order valence-corrected chi connectivity index (χ4v) is 2.32. The van der Waals surface area contributed by atoms with Crippen molar-refractivity contribution in [3.8, 4) is 0 Å². The van der Waals surface area contributed by atoms with Crippen LogP contribution in [0.4, 0.5) is 4.79 Å². The first-order valence-corrected chi connectivity index (χ1v) is 8.16. The van der Waals surface area contributed by atoms with E-state index >= 15 is 0 Å². The van der Waals surface area contributed by atoms with E-state index in [2.05, 4.69) is 5.32 Å². The molecule has 0 aliphatic carbocycles. The molecule has 0 spiro atoms. The number of carbonyl (C=O) groups excluding carboxylic acids is 2. The number of benzene rings is 1. The van der Waals surface area contributed by atoms with Crippen molar-refractivity contribution in [2.24, 2.45) is 0 Å². The highest BCUT2D eigenvalue weighted by Gasteiger charge is 2.28. The maximum absolute atomic E-state index is 12.8. The van der Waals surface area contributed by atoms with Gasteiger partial charge in [0.2, 0.25) is 0 Å². The minimum Gasteiger partial charge on any atom is -0.444 e. The van der Waals surface area contributed by atoms with Gasteiger partial charge in [-0.3, -0.25) is 9.80 Å². The van der Waals surface area contributed by atoms with E-state index in [4.69, 9.17) is 4.74 Å². The fraction of sp³-hybridized carbons (Fsp3) is 0.556. The van der Waals surface area contributed by atoms with Gasteiger partial charge in [0.15, 0.2) is 0 Å². The largest absolute Gasteiger partial charge is 0.444 e. The predicted molar refractivity (Wildman–Crippen MR) is 94.4 cm³/mol. The third kappa shape index (κ3) is 6.58. The monoisotopic (exact) mass is 335 g/mol. The first kappa shape index (κ1) is 20.0. The minimum absolute atomic E-state index is 0.169. The zero-order chi connectivity index (χ0) is 18.3. The molecule has 1 N–H and O–H groups in total. The van der Waals surface area contributed by atoms with Crippen molar-refractivity contribution < 1.29 is 14.3 Å². The summed E-state index contributed by atoms with van der Waals surface area (Å²) in [4.78, 5) is 25.0. The number of hydrazine groups is 1. The van der Waals surface area contributed by atoms with Crippen LogP contribution in [0.15, 0.2) is 30.3 Å². The summed E-state index contributed by atoms with van der Waals surface area (Å²) in [7, 11) is 3.60. The molecular formula is C18H29N3O3. The Labute approximate surface area is 144 Å². The lowest BCUT2D eigenvalue weighted by Crippen LogP contribution is -2.54. The summed E-state index contributed by atoms with van der Waals surface area (Å²) in [6.07, 6.45) is -0.185. The number of nitrogens with one attached hydrogen (secondary N) is 1. The lowest BCUT2D eigenvalue weighted by molar-refractivity contribution is -0.146. The number of rotatable bonds is 6. The van der Waals surface area contributed by atoms with Crippen molar-refractivity contribution in [3.63, 3.8) is 0 Å². The molecule has 1 aromatic rings. The van der Waals surface area contributed by atoms with E-state index in [1.54, 1.807) is 44.9 Å². The summed E-state index contributed by atoms with van der Waals surface area (Å²) >= 11 is 0. The Bertz CT molecular complexity index is 538. The van der Waals surface area contributed by atoms with E-state index in [1.807, 2.05) is 37.3 Å². The summed E-state index contributed by atoms with van der Waals surface area (Å²) < 4.78 is 5.30. The zero-order valence-corrected chi connectivity index (χ0v) is 15.5. The van der Waals surface area contributed by atoms with Gasteiger partial charge in [0.05, 0.1) is 0 Å². The Morgan fingerprint density at radius 2 is 1.75 bits per heavy atom. The van der Waals surface area contributed by atoms with E-state index in [9.17, 15) is 9.59 Å². The molecule has 0 aromatic heterocycles. The highest BCUT2D eigenvalue weighted by atomic mass is 16.6. The van der Waals surface area contributed by atoms with Crippen LogP contribution in [-0.4, -0.2) is 54.3 Å². The molecule has 134 valence electrons. The average molecular weight is 335 g/mol. The third-order valence-electron chi connectivity index (χ3n) is 3.31. The van der Waals surface area contributed by atoms with Crippen LogP contribution in [0.2, 0.25) is 0 Å². The molecule has 1 aromatic carbocycles.